The molecule has 0 spiro atoms. The van der Waals surface area contributed by atoms with Gasteiger partial charge in [-0.2, -0.15) is 0 Å². The summed E-state index contributed by atoms with van der Waals surface area (Å²) in [4.78, 5) is 20.6. The molecule has 146 valence electrons. The van der Waals surface area contributed by atoms with Gasteiger partial charge in [0.15, 0.2) is 5.58 Å². The van der Waals surface area contributed by atoms with Crippen molar-refractivity contribution < 1.29 is 18.0 Å². The van der Waals surface area contributed by atoms with Crippen molar-refractivity contribution in [2.24, 2.45) is 0 Å². The zero-order valence-electron chi connectivity index (χ0n) is 15.4. The number of fused-ring (bicyclic) bond motifs is 1. The van der Waals surface area contributed by atoms with Crippen LogP contribution in [0.25, 0.3) is 11.1 Å². The summed E-state index contributed by atoms with van der Waals surface area (Å²) in [6.07, 6.45) is 0. The van der Waals surface area contributed by atoms with Crippen molar-refractivity contribution in [3.63, 3.8) is 0 Å². The number of carbonyl (C=O) groups is 1. The zero-order chi connectivity index (χ0) is 19.7. The number of aromatic nitrogens is 1. The van der Waals surface area contributed by atoms with Crippen molar-refractivity contribution in [3.05, 3.63) is 59.5 Å². The van der Waals surface area contributed by atoms with E-state index in [1.54, 1.807) is 4.90 Å². The van der Waals surface area contributed by atoms with Gasteiger partial charge in [-0.05, 0) is 36.8 Å². The smallest absolute Gasteiger partial charge is 0.322 e. The Bertz CT molecular complexity index is 1010. The number of hydrogen-bond donors (Lipinski definition) is 1. The molecule has 0 unspecified atom stereocenters. The lowest BCUT2D eigenvalue weighted by molar-refractivity contribution is 0.136. The predicted molar refractivity (Wildman–Crippen MR) is 101 cm³/mol. The third-order valence-electron chi connectivity index (χ3n) is 4.78. The molecular weight excluding hydrogens is 366 g/mol. The number of nitrogens with one attached hydrogen (secondary N) is 1. The topological polar surface area (TPSA) is 61.6 Å². The number of hydrogen-bond acceptors (Lipinski definition) is 4. The molecule has 28 heavy (non-hydrogen) atoms. The van der Waals surface area contributed by atoms with E-state index in [0.717, 1.165) is 28.8 Å². The summed E-state index contributed by atoms with van der Waals surface area (Å²) in [5.74, 6) is -0.830. The Hall–Kier alpha value is -3.00. The molecule has 3 aromatic rings. The number of benzene rings is 2. The van der Waals surface area contributed by atoms with Gasteiger partial charge in [-0.25, -0.2) is 18.6 Å². The molecule has 0 saturated carbocycles. The number of amides is 2. The first-order valence-electron chi connectivity index (χ1n) is 9.07. The Morgan fingerprint density at radius 3 is 2.68 bits per heavy atom. The normalized spacial score (nSPS) is 15.2. The second-order valence-electron chi connectivity index (χ2n) is 6.90. The van der Waals surface area contributed by atoms with E-state index in [0.29, 0.717) is 38.6 Å². The first-order chi connectivity index (χ1) is 13.5. The Balaban J connectivity index is 1.32. The van der Waals surface area contributed by atoms with Crippen molar-refractivity contribution in [2.45, 2.75) is 13.5 Å². The van der Waals surface area contributed by atoms with Crippen LogP contribution >= 0.6 is 0 Å². The number of urea groups is 1. The average Bonchev–Trinajstić information content (AvgIpc) is 3.06. The number of carbonyl (C=O) groups excluding carboxylic acids is 1. The largest absolute Gasteiger partial charge is 0.439 e. The van der Waals surface area contributed by atoms with Gasteiger partial charge in [0, 0.05) is 32.2 Å². The highest BCUT2D eigenvalue weighted by molar-refractivity contribution is 5.89. The number of halogens is 2. The van der Waals surface area contributed by atoms with E-state index in [4.69, 9.17) is 4.42 Å². The van der Waals surface area contributed by atoms with Gasteiger partial charge in [-0.15, -0.1) is 0 Å². The Morgan fingerprint density at radius 1 is 1.14 bits per heavy atom. The SMILES string of the molecule is Cc1ccc2nc(CN3CCN(C(=O)Nc4ccc(F)cc4F)CC3)oc2c1. The molecular formula is C20H20F2N4O2. The van der Waals surface area contributed by atoms with Gasteiger partial charge >= 0.3 is 6.03 Å². The lowest BCUT2D eigenvalue weighted by Gasteiger charge is -2.34. The summed E-state index contributed by atoms with van der Waals surface area (Å²) in [5.41, 5.74) is 2.69. The van der Waals surface area contributed by atoms with E-state index >= 15 is 0 Å². The molecule has 1 saturated heterocycles. The van der Waals surface area contributed by atoms with Crippen LogP contribution in [0.15, 0.2) is 40.8 Å². The number of piperazine rings is 1. The van der Waals surface area contributed by atoms with E-state index in [2.05, 4.69) is 15.2 Å². The van der Waals surface area contributed by atoms with Crippen LogP contribution in [0.2, 0.25) is 0 Å². The summed E-state index contributed by atoms with van der Waals surface area (Å²) in [7, 11) is 0. The van der Waals surface area contributed by atoms with Gasteiger partial charge in [-0.3, -0.25) is 4.90 Å². The summed E-state index contributed by atoms with van der Waals surface area (Å²) in [6, 6.07) is 8.57. The highest BCUT2D eigenvalue weighted by Crippen LogP contribution is 2.19. The molecule has 2 heterocycles. The summed E-state index contributed by atoms with van der Waals surface area (Å²) >= 11 is 0. The highest BCUT2D eigenvalue weighted by atomic mass is 19.1. The standard InChI is InChI=1S/C20H20F2N4O2/c1-13-2-4-17-18(10-13)28-19(23-17)12-25-6-8-26(9-7-25)20(27)24-16-5-3-14(21)11-15(16)22/h2-5,10-11H,6-9,12H2,1H3,(H,24,27). The molecule has 1 N–H and O–H groups in total. The molecule has 2 amide bonds. The molecule has 0 atom stereocenters. The van der Waals surface area contributed by atoms with Crippen molar-refractivity contribution in [1.29, 1.82) is 0 Å². The minimum atomic E-state index is -0.793. The number of aryl methyl sites for hydroxylation is 1. The lowest BCUT2D eigenvalue weighted by Crippen LogP contribution is -2.49. The minimum absolute atomic E-state index is 0.0319. The van der Waals surface area contributed by atoms with E-state index in [9.17, 15) is 13.6 Å². The number of rotatable bonds is 3. The fourth-order valence-electron chi connectivity index (χ4n) is 3.23. The Labute approximate surface area is 160 Å². The van der Waals surface area contributed by atoms with Gasteiger partial charge in [0.2, 0.25) is 5.89 Å². The second kappa shape index (κ2) is 7.55. The number of anilines is 1. The Morgan fingerprint density at radius 2 is 1.93 bits per heavy atom. The van der Waals surface area contributed by atoms with E-state index in [1.165, 1.54) is 6.07 Å². The Kier molecular flexibility index (Phi) is 4.95. The van der Waals surface area contributed by atoms with Gasteiger partial charge in [-0.1, -0.05) is 6.07 Å². The maximum atomic E-state index is 13.7. The highest BCUT2D eigenvalue weighted by Gasteiger charge is 2.23. The fraction of sp³-hybridized carbons (Fsp3) is 0.300. The molecule has 0 radical (unpaired) electrons. The summed E-state index contributed by atoms with van der Waals surface area (Å²) < 4.78 is 32.5. The molecule has 0 aliphatic carbocycles. The van der Waals surface area contributed by atoms with Crippen LogP contribution in [-0.4, -0.2) is 47.0 Å². The molecule has 8 heteroatoms. The van der Waals surface area contributed by atoms with Gasteiger partial charge in [0.1, 0.15) is 17.2 Å². The van der Waals surface area contributed by atoms with Crippen LogP contribution in [0.1, 0.15) is 11.5 Å². The van der Waals surface area contributed by atoms with Crippen molar-refractivity contribution in [2.75, 3.05) is 31.5 Å². The first kappa shape index (κ1) is 18.4. The molecule has 1 fully saturated rings. The van der Waals surface area contributed by atoms with Crippen LogP contribution < -0.4 is 5.32 Å². The molecule has 1 aliphatic rings. The van der Waals surface area contributed by atoms with E-state index < -0.39 is 17.7 Å². The van der Waals surface area contributed by atoms with E-state index in [1.807, 2.05) is 25.1 Å². The average molecular weight is 386 g/mol. The van der Waals surface area contributed by atoms with Crippen LogP contribution in [0.5, 0.6) is 0 Å². The van der Waals surface area contributed by atoms with Gasteiger partial charge in [0.25, 0.3) is 0 Å². The third kappa shape index (κ3) is 3.96. The van der Waals surface area contributed by atoms with Crippen molar-refractivity contribution in [3.8, 4) is 0 Å². The molecule has 0 bridgehead atoms. The molecule has 6 nitrogen and oxygen atoms in total. The molecule has 2 aromatic carbocycles. The molecule has 1 aliphatic heterocycles. The maximum Gasteiger partial charge on any atom is 0.322 e. The van der Waals surface area contributed by atoms with Crippen LogP contribution in [-0.2, 0) is 6.54 Å². The summed E-state index contributed by atoms with van der Waals surface area (Å²) in [5, 5.41) is 2.49. The fourth-order valence-corrected chi connectivity index (χ4v) is 3.23. The molecule has 4 rings (SSSR count). The van der Waals surface area contributed by atoms with Crippen LogP contribution in [0.4, 0.5) is 19.3 Å². The number of nitrogens with zero attached hydrogens (tertiary/aromatic N) is 3. The van der Waals surface area contributed by atoms with E-state index in [-0.39, 0.29) is 5.69 Å². The zero-order valence-corrected chi connectivity index (χ0v) is 15.4. The molecule has 1 aromatic heterocycles. The first-order valence-corrected chi connectivity index (χ1v) is 9.07. The lowest BCUT2D eigenvalue weighted by atomic mass is 10.2. The van der Waals surface area contributed by atoms with Crippen LogP contribution in [0.3, 0.4) is 0 Å². The predicted octanol–water partition coefficient (Wildman–Crippen LogP) is 3.76. The van der Waals surface area contributed by atoms with Gasteiger partial charge < -0.3 is 14.6 Å². The maximum absolute atomic E-state index is 13.7. The van der Waals surface area contributed by atoms with Crippen molar-refractivity contribution in [1.82, 2.24) is 14.8 Å². The summed E-state index contributed by atoms with van der Waals surface area (Å²) in [6.45, 7) is 4.86. The van der Waals surface area contributed by atoms with Crippen molar-refractivity contribution >= 4 is 22.8 Å². The second-order valence-corrected chi connectivity index (χ2v) is 6.90. The van der Waals surface area contributed by atoms with Crippen LogP contribution in [0, 0.1) is 18.6 Å². The quantitative estimate of drug-likeness (QED) is 0.745. The monoisotopic (exact) mass is 386 g/mol. The number of oxazole rings is 1. The minimum Gasteiger partial charge on any atom is -0.439 e. The van der Waals surface area contributed by atoms with Gasteiger partial charge in [0.05, 0.1) is 12.2 Å². The third-order valence-corrected chi connectivity index (χ3v) is 4.78.